The van der Waals surface area contributed by atoms with Crippen molar-refractivity contribution in [3.05, 3.63) is 106 Å². The van der Waals surface area contributed by atoms with Gasteiger partial charge in [0.1, 0.15) is 9.75 Å². The highest BCUT2D eigenvalue weighted by Crippen LogP contribution is 2.69. The average molecular weight is 625 g/mol. The second-order valence-electron chi connectivity index (χ2n) is 11.1. The third-order valence-corrected chi connectivity index (χ3v) is 10.3. The standard InChI is InChI=1S/C33H28Cl3NO5/c1-19(29(39)20-14-16-21(34)17-15-20)42-26(38)13-3-2-8-18-37-30(40)27-28(31(37)41)33(36)23-10-5-4-9-22(23)32(27,35)24-11-6-7-12-25(24)33/h4-7,9-12,14-17,19,27-28H,2-3,8,13,18H2,1H3/t19-,27+,28+,32?,33?/m0/s1. The van der Waals surface area contributed by atoms with Gasteiger partial charge in [-0.05, 0) is 66.3 Å². The number of imide groups is 1. The smallest absolute Gasteiger partial charge is 0.306 e. The molecule has 1 heterocycles. The van der Waals surface area contributed by atoms with Gasteiger partial charge >= 0.3 is 5.97 Å². The van der Waals surface area contributed by atoms with Crippen LogP contribution >= 0.6 is 34.8 Å². The number of benzene rings is 3. The number of alkyl halides is 2. The molecule has 3 aliphatic carbocycles. The van der Waals surface area contributed by atoms with Gasteiger partial charge in [-0.2, -0.15) is 0 Å². The third kappa shape index (κ3) is 4.30. The Hall–Kier alpha value is -3.19. The highest BCUT2D eigenvalue weighted by Gasteiger charge is 2.72. The number of hydrogen-bond donors (Lipinski definition) is 0. The van der Waals surface area contributed by atoms with Gasteiger partial charge in [0, 0.05) is 23.6 Å². The normalized spacial score (nSPS) is 26.0. The minimum atomic E-state index is -1.19. The molecule has 7 rings (SSSR count). The van der Waals surface area contributed by atoms with Crippen molar-refractivity contribution < 1.29 is 23.9 Å². The van der Waals surface area contributed by atoms with Crippen LogP contribution in [0.4, 0.5) is 0 Å². The summed E-state index contributed by atoms with van der Waals surface area (Å²) in [7, 11) is 0. The first-order valence-electron chi connectivity index (χ1n) is 14.0. The van der Waals surface area contributed by atoms with Gasteiger partial charge in [-0.3, -0.25) is 24.1 Å². The lowest BCUT2D eigenvalue weighted by atomic mass is 9.54. The SMILES string of the molecule is C[C@H](OC(=O)CCCCCN1C(=O)[C@H]2[C@H](C1=O)C1(Cl)c3ccccc3C2(Cl)c2ccccc21)C(=O)c1ccc(Cl)cc1. The van der Waals surface area contributed by atoms with E-state index < -0.39 is 33.7 Å². The van der Waals surface area contributed by atoms with Gasteiger partial charge in [-0.15, -0.1) is 23.2 Å². The number of ketones is 1. The summed E-state index contributed by atoms with van der Waals surface area (Å²) in [6.07, 6.45) is 0.773. The molecule has 0 spiro atoms. The van der Waals surface area contributed by atoms with Crippen LogP contribution in [0.25, 0.3) is 0 Å². The predicted molar refractivity (Wildman–Crippen MR) is 160 cm³/mol. The lowest BCUT2D eigenvalue weighted by Gasteiger charge is -2.54. The van der Waals surface area contributed by atoms with E-state index in [4.69, 9.17) is 39.5 Å². The van der Waals surface area contributed by atoms with Crippen molar-refractivity contribution >= 4 is 58.4 Å². The number of amides is 2. The van der Waals surface area contributed by atoms with E-state index in [1.807, 2.05) is 48.5 Å². The number of carbonyl (C=O) groups is 4. The van der Waals surface area contributed by atoms with Crippen LogP contribution in [0, 0.1) is 11.8 Å². The van der Waals surface area contributed by atoms with Crippen molar-refractivity contribution in [2.75, 3.05) is 6.54 Å². The highest BCUT2D eigenvalue weighted by atomic mass is 35.5. The van der Waals surface area contributed by atoms with E-state index in [1.165, 1.54) is 11.8 Å². The molecule has 0 saturated carbocycles. The van der Waals surface area contributed by atoms with E-state index >= 15 is 0 Å². The molecular formula is C33H28Cl3NO5. The lowest BCUT2D eigenvalue weighted by Crippen LogP contribution is -2.57. The first-order chi connectivity index (χ1) is 20.1. The Balaban J connectivity index is 1.09. The number of likely N-dealkylation sites (tertiary alicyclic amines) is 1. The fourth-order valence-corrected chi connectivity index (χ4v) is 8.04. The molecule has 0 aromatic heterocycles. The summed E-state index contributed by atoms with van der Waals surface area (Å²) in [5, 5.41) is 0.513. The van der Waals surface area contributed by atoms with E-state index in [2.05, 4.69) is 0 Å². The highest BCUT2D eigenvalue weighted by molar-refractivity contribution is 6.36. The molecule has 2 amide bonds. The predicted octanol–water partition coefficient (Wildman–Crippen LogP) is 6.61. The van der Waals surface area contributed by atoms with Gasteiger partial charge < -0.3 is 4.74 Å². The van der Waals surface area contributed by atoms with Crippen LogP contribution in [0.2, 0.25) is 5.02 Å². The molecule has 3 aromatic rings. The zero-order valence-corrected chi connectivity index (χ0v) is 25.1. The molecule has 6 nitrogen and oxygen atoms in total. The fourth-order valence-electron chi connectivity index (χ4n) is 6.82. The number of hydrogen-bond acceptors (Lipinski definition) is 5. The topological polar surface area (TPSA) is 80.8 Å². The lowest BCUT2D eigenvalue weighted by molar-refractivity contribution is -0.146. The summed E-state index contributed by atoms with van der Waals surface area (Å²) in [5.74, 6) is -3.05. The summed E-state index contributed by atoms with van der Waals surface area (Å²) >= 11 is 20.7. The molecule has 4 aliphatic rings. The molecule has 9 heteroatoms. The number of halogens is 3. The quantitative estimate of drug-likeness (QED) is 0.0880. The Morgan fingerprint density at radius 2 is 1.26 bits per heavy atom. The number of unbranched alkanes of at least 4 members (excludes halogenated alkanes) is 2. The van der Waals surface area contributed by atoms with Gasteiger partial charge in [0.25, 0.3) is 0 Å². The number of carbonyl (C=O) groups excluding carboxylic acids is 4. The van der Waals surface area contributed by atoms with Crippen LogP contribution in [-0.4, -0.2) is 41.1 Å². The number of rotatable bonds is 9. The maximum Gasteiger partial charge on any atom is 0.306 e. The van der Waals surface area contributed by atoms with E-state index in [9.17, 15) is 19.2 Å². The van der Waals surface area contributed by atoms with Crippen LogP contribution in [0.1, 0.15) is 65.2 Å². The van der Waals surface area contributed by atoms with Crippen molar-refractivity contribution in [1.82, 2.24) is 4.90 Å². The molecule has 216 valence electrons. The van der Waals surface area contributed by atoms with Crippen molar-refractivity contribution in [3.63, 3.8) is 0 Å². The van der Waals surface area contributed by atoms with Crippen LogP contribution in [0.5, 0.6) is 0 Å². The molecule has 3 aromatic carbocycles. The van der Waals surface area contributed by atoms with Gasteiger partial charge in [0.05, 0.1) is 11.8 Å². The van der Waals surface area contributed by atoms with Crippen LogP contribution < -0.4 is 0 Å². The van der Waals surface area contributed by atoms with Crippen molar-refractivity contribution in [2.24, 2.45) is 11.8 Å². The number of nitrogens with zero attached hydrogens (tertiary/aromatic N) is 1. The summed E-state index contributed by atoms with van der Waals surface area (Å²) < 4.78 is 5.32. The largest absolute Gasteiger partial charge is 0.454 e. The van der Waals surface area contributed by atoms with Crippen molar-refractivity contribution in [1.29, 1.82) is 0 Å². The second-order valence-corrected chi connectivity index (χ2v) is 12.7. The van der Waals surface area contributed by atoms with E-state index in [-0.39, 0.29) is 30.6 Å². The Kier molecular flexibility index (Phi) is 7.45. The molecule has 2 bridgehead atoms. The van der Waals surface area contributed by atoms with Gasteiger partial charge in [0.2, 0.25) is 17.6 Å². The molecule has 0 radical (unpaired) electrons. The summed E-state index contributed by atoms with van der Waals surface area (Å²) in [6.45, 7) is 1.74. The monoisotopic (exact) mass is 623 g/mol. The first kappa shape index (κ1) is 28.9. The minimum Gasteiger partial charge on any atom is -0.454 e. The number of Topliss-reactive ketones (excluding diaryl/α,β-unsaturated/α-hetero) is 1. The van der Waals surface area contributed by atoms with Crippen molar-refractivity contribution in [2.45, 2.75) is 48.5 Å². The van der Waals surface area contributed by atoms with Crippen LogP contribution in [-0.2, 0) is 28.9 Å². The maximum atomic E-state index is 13.8. The molecule has 3 atom stereocenters. The minimum absolute atomic E-state index is 0.117. The Morgan fingerprint density at radius 3 is 1.74 bits per heavy atom. The van der Waals surface area contributed by atoms with Gasteiger partial charge in [-0.1, -0.05) is 66.6 Å². The molecular weight excluding hydrogens is 597 g/mol. The van der Waals surface area contributed by atoms with Crippen LogP contribution in [0.3, 0.4) is 0 Å². The molecule has 1 aliphatic heterocycles. The summed E-state index contributed by atoms with van der Waals surface area (Å²) in [6, 6.07) is 21.5. The van der Waals surface area contributed by atoms with Crippen molar-refractivity contribution in [3.8, 4) is 0 Å². The van der Waals surface area contributed by atoms with E-state index in [0.29, 0.717) is 29.8 Å². The van der Waals surface area contributed by atoms with E-state index in [1.54, 1.807) is 24.3 Å². The summed E-state index contributed by atoms with van der Waals surface area (Å²) in [4.78, 5) is 51.5. The number of ether oxygens (including phenoxy) is 1. The zero-order valence-electron chi connectivity index (χ0n) is 22.8. The average Bonchev–Trinajstić information content (AvgIpc) is 3.25. The molecule has 1 fully saturated rings. The second kappa shape index (κ2) is 10.8. The zero-order chi connectivity index (χ0) is 29.8. The Labute approximate surface area is 258 Å². The molecule has 0 unspecified atom stereocenters. The first-order valence-corrected chi connectivity index (χ1v) is 15.2. The molecule has 0 N–H and O–H groups in total. The number of esters is 1. The van der Waals surface area contributed by atoms with Gasteiger partial charge in [-0.25, -0.2) is 0 Å². The third-order valence-electron chi connectivity index (χ3n) is 8.75. The summed E-state index contributed by atoms with van der Waals surface area (Å²) in [5.41, 5.74) is 3.50. The molecule has 42 heavy (non-hydrogen) atoms. The van der Waals surface area contributed by atoms with Crippen LogP contribution in [0.15, 0.2) is 72.8 Å². The molecule has 1 saturated heterocycles. The van der Waals surface area contributed by atoms with Gasteiger partial charge in [0.15, 0.2) is 6.10 Å². The Morgan fingerprint density at radius 1 is 0.786 bits per heavy atom. The fraction of sp³-hybridized carbons (Fsp3) is 0.333. The van der Waals surface area contributed by atoms with E-state index in [0.717, 1.165) is 22.3 Å². The maximum absolute atomic E-state index is 13.8. The Bertz CT molecular complexity index is 1480.